The van der Waals surface area contributed by atoms with E-state index in [0.29, 0.717) is 13.0 Å². The van der Waals surface area contributed by atoms with Crippen LogP contribution < -0.4 is 10.6 Å². The van der Waals surface area contributed by atoms with Gasteiger partial charge in [0.1, 0.15) is 11.6 Å². The molecular formula is C13H21N5O2. The Bertz CT molecular complexity index is 483. The fraction of sp³-hybridized carbons (Fsp3) is 0.692. The fourth-order valence-electron chi connectivity index (χ4n) is 2.31. The number of rotatable bonds is 5. The van der Waals surface area contributed by atoms with E-state index in [1.807, 2.05) is 0 Å². The number of fused-ring (bicyclic) bond motifs is 1. The van der Waals surface area contributed by atoms with Crippen LogP contribution in [0.15, 0.2) is 0 Å². The van der Waals surface area contributed by atoms with E-state index in [9.17, 15) is 9.59 Å². The Morgan fingerprint density at radius 3 is 2.85 bits per heavy atom. The maximum absolute atomic E-state index is 11.5. The number of hydrogen-bond acceptors (Lipinski definition) is 4. The highest BCUT2D eigenvalue weighted by Gasteiger charge is 2.14. The summed E-state index contributed by atoms with van der Waals surface area (Å²) in [5.74, 6) is 1.60. The zero-order valence-electron chi connectivity index (χ0n) is 11.8. The zero-order chi connectivity index (χ0) is 14.4. The van der Waals surface area contributed by atoms with Gasteiger partial charge in [-0.1, -0.05) is 6.42 Å². The van der Waals surface area contributed by atoms with Gasteiger partial charge in [-0.15, -0.1) is 10.2 Å². The van der Waals surface area contributed by atoms with E-state index in [1.54, 1.807) is 0 Å². The lowest BCUT2D eigenvalue weighted by Crippen LogP contribution is -2.36. The Balaban J connectivity index is 1.78. The van der Waals surface area contributed by atoms with Gasteiger partial charge in [0.05, 0.1) is 6.54 Å². The summed E-state index contributed by atoms with van der Waals surface area (Å²) in [7, 11) is 0. The van der Waals surface area contributed by atoms with Gasteiger partial charge in [0.15, 0.2) is 0 Å². The lowest BCUT2D eigenvalue weighted by molar-refractivity contribution is -0.125. The smallest absolute Gasteiger partial charge is 0.239 e. The molecule has 0 aromatic carbocycles. The Labute approximate surface area is 118 Å². The Hall–Kier alpha value is -1.92. The first-order valence-electron chi connectivity index (χ1n) is 7.09. The van der Waals surface area contributed by atoms with Crippen molar-refractivity contribution in [1.29, 1.82) is 0 Å². The van der Waals surface area contributed by atoms with Gasteiger partial charge in [-0.25, -0.2) is 0 Å². The summed E-state index contributed by atoms with van der Waals surface area (Å²) in [6, 6.07) is 0. The van der Waals surface area contributed by atoms with E-state index in [2.05, 4.69) is 25.4 Å². The molecule has 0 fully saturated rings. The molecule has 0 saturated heterocycles. The Kier molecular flexibility index (Phi) is 5.09. The Morgan fingerprint density at radius 1 is 1.20 bits per heavy atom. The second-order valence-corrected chi connectivity index (χ2v) is 5.00. The molecule has 7 nitrogen and oxygen atoms in total. The molecule has 1 aliphatic heterocycles. The van der Waals surface area contributed by atoms with E-state index in [1.165, 1.54) is 19.8 Å². The lowest BCUT2D eigenvalue weighted by atomic mass is 10.2. The van der Waals surface area contributed by atoms with Crippen molar-refractivity contribution < 1.29 is 9.59 Å². The molecule has 20 heavy (non-hydrogen) atoms. The topological polar surface area (TPSA) is 88.9 Å². The van der Waals surface area contributed by atoms with E-state index in [0.717, 1.165) is 31.0 Å². The molecule has 0 aliphatic carbocycles. The molecule has 1 aliphatic rings. The first-order chi connectivity index (χ1) is 9.66. The molecule has 110 valence electrons. The molecule has 0 atom stereocenters. The molecule has 0 saturated carbocycles. The minimum atomic E-state index is -0.206. The molecule has 2 heterocycles. The van der Waals surface area contributed by atoms with E-state index in [-0.39, 0.29) is 18.4 Å². The molecule has 1 aromatic heterocycles. The molecule has 0 unspecified atom stereocenters. The number of nitrogens with zero attached hydrogens (tertiary/aromatic N) is 3. The summed E-state index contributed by atoms with van der Waals surface area (Å²) in [6.45, 7) is 2.89. The SMILES string of the molecule is CC(=O)NCC(=O)NCCc1nnc2n1CCCCC2. The van der Waals surface area contributed by atoms with Crippen LogP contribution in [0.3, 0.4) is 0 Å². The summed E-state index contributed by atoms with van der Waals surface area (Å²) in [4.78, 5) is 22.1. The minimum absolute atomic E-state index is 0.0211. The molecule has 0 bridgehead atoms. The summed E-state index contributed by atoms with van der Waals surface area (Å²) in [5.41, 5.74) is 0. The van der Waals surface area contributed by atoms with Crippen molar-refractivity contribution in [1.82, 2.24) is 25.4 Å². The fourth-order valence-corrected chi connectivity index (χ4v) is 2.31. The molecule has 7 heteroatoms. The maximum Gasteiger partial charge on any atom is 0.239 e. The molecule has 2 amide bonds. The highest BCUT2D eigenvalue weighted by molar-refractivity contribution is 5.83. The molecule has 2 N–H and O–H groups in total. The average molecular weight is 279 g/mol. The first-order valence-corrected chi connectivity index (χ1v) is 7.09. The first kappa shape index (κ1) is 14.5. The average Bonchev–Trinajstić information content (AvgIpc) is 2.65. The zero-order valence-corrected chi connectivity index (χ0v) is 11.8. The van der Waals surface area contributed by atoms with Crippen molar-refractivity contribution in [3.63, 3.8) is 0 Å². The number of nitrogens with one attached hydrogen (secondary N) is 2. The van der Waals surface area contributed by atoms with E-state index < -0.39 is 0 Å². The van der Waals surface area contributed by atoms with Crippen LogP contribution in [-0.2, 0) is 29.0 Å². The van der Waals surface area contributed by atoms with Crippen molar-refractivity contribution in [3.05, 3.63) is 11.6 Å². The van der Waals surface area contributed by atoms with Crippen LogP contribution in [0, 0.1) is 0 Å². The third-order valence-electron chi connectivity index (χ3n) is 3.35. The highest BCUT2D eigenvalue weighted by Crippen LogP contribution is 2.14. The third-order valence-corrected chi connectivity index (χ3v) is 3.35. The lowest BCUT2D eigenvalue weighted by Gasteiger charge is -2.08. The van der Waals surface area contributed by atoms with E-state index in [4.69, 9.17) is 0 Å². The number of hydrogen-bond donors (Lipinski definition) is 2. The van der Waals surface area contributed by atoms with Crippen molar-refractivity contribution in [2.45, 2.75) is 45.6 Å². The van der Waals surface area contributed by atoms with Gasteiger partial charge < -0.3 is 15.2 Å². The predicted molar refractivity (Wildman–Crippen MR) is 73.0 cm³/mol. The van der Waals surface area contributed by atoms with Crippen LogP contribution in [0.4, 0.5) is 0 Å². The van der Waals surface area contributed by atoms with Gasteiger partial charge in [-0.05, 0) is 12.8 Å². The van der Waals surface area contributed by atoms with Crippen molar-refractivity contribution in [3.8, 4) is 0 Å². The largest absolute Gasteiger partial charge is 0.354 e. The van der Waals surface area contributed by atoms with Crippen molar-refractivity contribution >= 4 is 11.8 Å². The van der Waals surface area contributed by atoms with Crippen LogP contribution in [0.5, 0.6) is 0 Å². The summed E-state index contributed by atoms with van der Waals surface area (Å²) >= 11 is 0. The molecule has 1 aromatic rings. The van der Waals surface area contributed by atoms with Crippen LogP contribution in [0.1, 0.15) is 37.8 Å². The number of aromatic nitrogens is 3. The molecule has 0 radical (unpaired) electrons. The van der Waals surface area contributed by atoms with Crippen LogP contribution in [0.25, 0.3) is 0 Å². The minimum Gasteiger partial charge on any atom is -0.354 e. The Morgan fingerprint density at radius 2 is 2.05 bits per heavy atom. The summed E-state index contributed by atoms with van der Waals surface area (Å²) < 4.78 is 2.17. The highest BCUT2D eigenvalue weighted by atomic mass is 16.2. The number of carbonyl (C=O) groups is 2. The van der Waals surface area contributed by atoms with Gasteiger partial charge in [-0.2, -0.15) is 0 Å². The van der Waals surface area contributed by atoms with Crippen LogP contribution in [-0.4, -0.2) is 39.7 Å². The standard InChI is InChI=1S/C13H21N5O2/c1-10(19)15-9-13(20)14-7-6-12-17-16-11-5-3-2-4-8-18(11)12/h2-9H2,1H3,(H,14,20)(H,15,19). The van der Waals surface area contributed by atoms with Crippen molar-refractivity contribution in [2.75, 3.05) is 13.1 Å². The summed E-state index contributed by atoms with van der Waals surface area (Å²) in [5, 5.41) is 13.6. The second kappa shape index (κ2) is 7.02. The van der Waals surface area contributed by atoms with Crippen LogP contribution in [0.2, 0.25) is 0 Å². The van der Waals surface area contributed by atoms with Crippen LogP contribution >= 0.6 is 0 Å². The van der Waals surface area contributed by atoms with Crippen molar-refractivity contribution in [2.24, 2.45) is 0 Å². The maximum atomic E-state index is 11.5. The predicted octanol–water partition coefficient (Wildman–Crippen LogP) is -0.201. The van der Waals surface area contributed by atoms with Gasteiger partial charge >= 0.3 is 0 Å². The normalized spacial score (nSPS) is 14.2. The van der Waals surface area contributed by atoms with Gasteiger partial charge in [0.2, 0.25) is 11.8 Å². The van der Waals surface area contributed by atoms with Gasteiger partial charge in [0.25, 0.3) is 0 Å². The monoisotopic (exact) mass is 279 g/mol. The van der Waals surface area contributed by atoms with Gasteiger partial charge in [-0.3, -0.25) is 9.59 Å². The quantitative estimate of drug-likeness (QED) is 0.781. The molecular weight excluding hydrogens is 258 g/mol. The van der Waals surface area contributed by atoms with E-state index >= 15 is 0 Å². The summed E-state index contributed by atoms with van der Waals surface area (Å²) in [6.07, 6.45) is 5.22. The third kappa shape index (κ3) is 4.04. The number of carbonyl (C=O) groups excluding carboxylic acids is 2. The molecule has 0 spiro atoms. The number of aryl methyl sites for hydroxylation is 1. The number of amides is 2. The van der Waals surface area contributed by atoms with Gasteiger partial charge in [0, 0.05) is 32.9 Å². The second-order valence-electron chi connectivity index (χ2n) is 5.00. The molecule has 2 rings (SSSR count).